The van der Waals surface area contributed by atoms with E-state index in [1.165, 1.54) is 19.3 Å². The number of nitrogens with two attached hydrogens (primary N) is 1. The molecule has 0 aromatic carbocycles. The van der Waals surface area contributed by atoms with Crippen molar-refractivity contribution in [3.05, 3.63) is 11.7 Å². The molecule has 3 rings (SSSR count). The van der Waals surface area contributed by atoms with E-state index in [-0.39, 0.29) is 11.3 Å². The summed E-state index contributed by atoms with van der Waals surface area (Å²) in [5, 5.41) is 3.94. The average molecular weight is 335 g/mol. The molecule has 1 saturated heterocycles. The summed E-state index contributed by atoms with van der Waals surface area (Å²) in [7, 11) is 0. The van der Waals surface area contributed by atoms with Gasteiger partial charge in [-0.05, 0) is 24.8 Å². The zero-order chi connectivity index (χ0) is 17.0. The molecule has 7 nitrogen and oxygen atoms in total. The quantitative estimate of drug-likeness (QED) is 0.873. The number of hydrogen-bond acceptors (Lipinski definition) is 6. The molecule has 1 aliphatic heterocycles. The molecule has 1 aromatic rings. The van der Waals surface area contributed by atoms with Gasteiger partial charge < -0.3 is 15.2 Å². The van der Waals surface area contributed by atoms with Gasteiger partial charge in [-0.1, -0.05) is 24.4 Å². The minimum Gasteiger partial charge on any atom is -0.340 e. The van der Waals surface area contributed by atoms with Crippen LogP contribution in [-0.2, 0) is 11.3 Å². The molecule has 2 aliphatic rings. The predicted octanol–water partition coefficient (Wildman–Crippen LogP) is 1.32. The molecule has 0 bridgehead atoms. The fourth-order valence-corrected chi connectivity index (χ4v) is 3.95. The van der Waals surface area contributed by atoms with Gasteiger partial charge in [0.2, 0.25) is 11.8 Å². The molecule has 0 radical (unpaired) electrons. The van der Waals surface area contributed by atoms with Crippen molar-refractivity contribution in [1.29, 1.82) is 0 Å². The van der Waals surface area contributed by atoms with Crippen molar-refractivity contribution in [3.8, 4) is 0 Å². The van der Waals surface area contributed by atoms with Gasteiger partial charge in [0.25, 0.3) is 0 Å². The lowest BCUT2D eigenvalue weighted by molar-refractivity contribution is -0.136. The molecule has 2 N–H and O–H groups in total. The topological polar surface area (TPSA) is 88.5 Å². The Morgan fingerprint density at radius 3 is 2.50 bits per heavy atom. The van der Waals surface area contributed by atoms with Crippen LogP contribution in [0.1, 0.15) is 50.2 Å². The van der Waals surface area contributed by atoms with E-state index in [0.29, 0.717) is 25.4 Å². The Kier molecular flexibility index (Phi) is 5.50. The maximum atomic E-state index is 12.7. The Morgan fingerprint density at radius 1 is 1.21 bits per heavy atom. The first-order valence-electron chi connectivity index (χ1n) is 9.10. The highest BCUT2D eigenvalue weighted by atomic mass is 16.5. The number of carbonyl (C=O) groups excluding carboxylic acids is 1. The molecule has 2 heterocycles. The Labute approximate surface area is 143 Å². The first-order chi connectivity index (χ1) is 11.6. The van der Waals surface area contributed by atoms with E-state index in [2.05, 4.69) is 15.0 Å². The average Bonchev–Trinajstić information content (AvgIpc) is 3.01. The minimum atomic E-state index is 0.0502. The highest BCUT2D eigenvalue weighted by Crippen LogP contribution is 2.38. The van der Waals surface area contributed by atoms with E-state index in [0.717, 1.165) is 44.8 Å². The molecule has 2 fully saturated rings. The van der Waals surface area contributed by atoms with Gasteiger partial charge in [0.05, 0.1) is 6.54 Å². The number of hydrogen-bond donors (Lipinski definition) is 1. The summed E-state index contributed by atoms with van der Waals surface area (Å²) in [6.07, 6.45) is 6.53. The van der Waals surface area contributed by atoms with Crippen LogP contribution in [0.25, 0.3) is 0 Å². The van der Waals surface area contributed by atoms with Gasteiger partial charge in [0.1, 0.15) is 0 Å². The van der Waals surface area contributed by atoms with E-state index in [1.807, 2.05) is 4.90 Å². The van der Waals surface area contributed by atoms with Crippen molar-refractivity contribution in [2.45, 2.75) is 52.0 Å². The summed E-state index contributed by atoms with van der Waals surface area (Å²) in [4.78, 5) is 21.2. The fraction of sp³-hybridized carbons (Fsp3) is 0.824. The van der Waals surface area contributed by atoms with Crippen LogP contribution in [-0.4, -0.2) is 58.6 Å². The first kappa shape index (κ1) is 17.4. The Morgan fingerprint density at radius 2 is 1.92 bits per heavy atom. The molecule has 1 amide bonds. The van der Waals surface area contributed by atoms with Crippen LogP contribution in [0, 0.1) is 12.3 Å². The molecule has 1 saturated carbocycles. The maximum Gasteiger partial charge on any atom is 0.223 e. The van der Waals surface area contributed by atoms with E-state index in [4.69, 9.17) is 10.3 Å². The Bertz CT molecular complexity index is 545. The van der Waals surface area contributed by atoms with Gasteiger partial charge in [-0.2, -0.15) is 4.98 Å². The van der Waals surface area contributed by atoms with Crippen molar-refractivity contribution in [3.63, 3.8) is 0 Å². The molecule has 24 heavy (non-hydrogen) atoms. The molecular formula is C17H29N5O2. The van der Waals surface area contributed by atoms with Gasteiger partial charge in [-0.25, -0.2) is 0 Å². The van der Waals surface area contributed by atoms with E-state index in [1.54, 1.807) is 6.92 Å². The number of nitrogens with zero attached hydrogens (tertiary/aromatic N) is 4. The second-order valence-electron chi connectivity index (χ2n) is 7.33. The van der Waals surface area contributed by atoms with E-state index >= 15 is 0 Å². The molecule has 0 atom stereocenters. The second kappa shape index (κ2) is 7.61. The number of aromatic nitrogens is 2. The summed E-state index contributed by atoms with van der Waals surface area (Å²) in [6.45, 7) is 6.38. The molecule has 1 aromatic heterocycles. The van der Waals surface area contributed by atoms with E-state index in [9.17, 15) is 4.79 Å². The molecule has 0 spiro atoms. The third-order valence-electron chi connectivity index (χ3n) is 5.53. The van der Waals surface area contributed by atoms with Gasteiger partial charge >= 0.3 is 0 Å². The highest BCUT2D eigenvalue weighted by Gasteiger charge is 2.35. The fourth-order valence-electron chi connectivity index (χ4n) is 3.95. The monoisotopic (exact) mass is 335 g/mol. The first-order valence-corrected chi connectivity index (χ1v) is 9.10. The number of aryl methyl sites for hydroxylation is 1. The molecular weight excluding hydrogens is 306 g/mol. The van der Waals surface area contributed by atoms with Gasteiger partial charge in [-0.3, -0.25) is 9.69 Å². The molecule has 0 unspecified atom stereocenters. The summed E-state index contributed by atoms with van der Waals surface area (Å²) in [5.74, 6) is 1.59. The number of amides is 1. The van der Waals surface area contributed by atoms with Crippen LogP contribution in [0.2, 0.25) is 0 Å². The third-order valence-corrected chi connectivity index (χ3v) is 5.53. The number of piperazine rings is 1. The number of rotatable bonds is 5. The highest BCUT2D eigenvalue weighted by molar-refractivity contribution is 5.77. The third kappa shape index (κ3) is 4.13. The van der Waals surface area contributed by atoms with Crippen molar-refractivity contribution in [2.75, 3.05) is 32.7 Å². The second-order valence-corrected chi connectivity index (χ2v) is 7.33. The van der Waals surface area contributed by atoms with Crippen molar-refractivity contribution < 1.29 is 9.32 Å². The Hall–Kier alpha value is -1.47. The largest absolute Gasteiger partial charge is 0.340 e. The van der Waals surface area contributed by atoms with E-state index < -0.39 is 0 Å². The lowest BCUT2D eigenvalue weighted by Gasteiger charge is -2.39. The lowest BCUT2D eigenvalue weighted by Crippen LogP contribution is -2.50. The Balaban J connectivity index is 1.47. The van der Waals surface area contributed by atoms with Crippen LogP contribution in [0.15, 0.2) is 4.52 Å². The minimum absolute atomic E-state index is 0.0502. The molecule has 134 valence electrons. The van der Waals surface area contributed by atoms with Gasteiger partial charge in [-0.15, -0.1) is 0 Å². The van der Waals surface area contributed by atoms with Crippen LogP contribution in [0.5, 0.6) is 0 Å². The zero-order valence-corrected chi connectivity index (χ0v) is 14.7. The SMILES string of the molecule is Cc1nc(CN2CCN(C(=O)CC3(CN)CCCCC3)CC2)no1. The predicted molar refractivity (Wildman–Crippen MR) is 90.1 cm³/mol. The molecule has 1 aliphatic carbocycles. The van der Waals surface area contributed by atoms with Crippen LogP contribution < -0.4 is 5.73 Å². The summed E-state index contributed by atoms with van der Waals surface area (Å²) in [5.41, 5.74) is 6.07. The standard InChI is InChI=1S/C17H29N5O2/c1-14-19-15(20-24-14)12-21-7-9-22(10-8-21)16(23)11-17(13-18)5-3-2-4-6-17/h2-13,18H2,1H3. The van der Waals surface area contributed by atoms with Crippen molar-refractivity contribution >= 4 is 5.91 Å². The summed E-state index contributed by atoms with van der Waals surface area (Å²) >= 11 is 0. The smallest absolute Gasteiger partial charge is 0.223 e. The van der Waals surface area contributed by atoms with Crippen LogP contribution in [0.4, 0.5) is 0 Å². The maximum absolute atomic E-state index is 12.7. The summed E-state index contributed by atoms with van der Waals surface area (Å²) < 4.78 is 5.01. The zero-order valence-electron chi connectivity index (χ0n) is 14.7. The number of carbonyl (C=O) groups is 1. The lowest BCUT2D eigenvalue weighted by atomic mass is 9.71. The van der Waals surface area contributed by atoms with Gasteiger partial charge in [0, 0.05) is 39.5 Å². The van der Waals surface area contributed by atoms with Gasteiger partial charge in [0.15, 0.2) is 5.82 Å². The van der Waals surface area contributed by atoms with Crippen LogP contribution >= 0.6 is 0 Å². The van der Waals surface area contributed by atoms with Crippen molar-refractivity contribution in [1.82, 2.24) is 19.9 Å². The van der Waals surface area contributed by atoms with Crippen molar-refractivity contribution in [2.24, 2.45) is 11.1 Å². The summed E-state index contributed by atoms with van der Waals surface area (Å²) in [6, 6.07) is 0. The van der Waals surface area contributed by atoms with Crippen LogP contribution in [0.3, 0.4) is 0 Å². The normalized spacial score (nSPS) is 21.8. The molecule has 7 heteroatoms.